The maximum absolute atomic E-state index is 8.77. The molecule has 1 aliphatic rings. The fourth-order valence-corrected chi connectivity index (χ4v) is 2.71. The summed E-state index contributed by atoms with van der Waals surface area (Å²) in [7, 11) is 0. The summed E-state index contributed by atoms with van der Waals surface area (Å²) in [6.45, 7) is 1.87. The molecule has 1 aliphatic heterocycles. The van der Waals surface area contributed by atoms with Gasteiger partial charge in [-0.05, 0) is 50.7 Å². The fraction of sp³-hybridized carbons (Fsp3) is 0.625. The van der Waals surface area contributed by atoms with E-state index in [9.17, 15) is 0 Å². The van der Waals surface area contributed by atoms with Crippen LogP contribution in [0.15, 0.2) is 22.7 Å². The molecule has 0 unspecified atom stereocenters. The molecule has 2 aromatic heterocycles. The normalized spacial score (nSPS) is 18.7. The van der Waals surface area contributed by atoms with Gasteiger partial charge >= 0.3 is 0 Å². The molecule has 1 N–H and O–H groups in total. The van der Waals surface area contributed by atoms with Gasteiger partial charge < -0.3 is 14.3 Å². The second-order valence-corrected chi connectivity index (χ2v) is 5.71. The van der Waals surface area contributed by atoms with E-state index in [0.29, 0.717) is 0 Å². The number of aliphatic hydroxyl groups excluding tert-OH is 1. The first-order valence-corrected chi connectivity index (χ1v) is 8.09. The Balaban J connectivity index is 1.59. The van der Waals surface area contributed by atoms with Crippen LogP contribution in [0.4, 0.5) is 0 Å². The molecule has 6 nitrogen and oxygen atoms in total. The van der Waals surface area contributed by atoms with Crippen molar-refractivity contribution < 1.29 is 14.3 Å². The molecule has 0 radical (unpaired) electrons. The van der Waals surface area contributed by atoms with E-state index in [4.69, 9.17) is 14.3 Å². The first-order valence-electron chi connectivity index (χ1n) is 8.09. The molecule has 22 heavy (non-hydrogen) atoms. The highest BCUT2D eigenvalue weighted by Crippen LogP contribution is 2.31. The summed E-state index contributed by atoms with van der Waals surface area (Å²) in [5.41, 5.74) is 0.754. The van der Waals surface area contributed by atoms with Crippen LogP contribution >= 0.6 is 0 Å². The van der Waals surface area contributed by atoms with Gasteiger partial charge in [0.05, 0.1) is 6.20 Å². The second-order valence-electron chi connectivity index (χ2n) is 5.71. The lowest BCUT2D eigenvalue weighted by molar-refractivity contribution is 0.00220. The number of ether oxygens (including phenoxy) is 1. The van der Waals surface area contributed by atoms with Gasteiger partial charge in [0.25, 0.3) is 0 Å². The van der Waals surface area contributed by atoms with E-state index in [1.165, 1.54) is 6.42 Å². The number of nitrogens with zero attached hydrogens (tertiary/aromatic N) is 3. The minimum Gasteiger partial charge on any atom is -0.457 e. The lowest BCUT2D eigenvalue weighted by Gasteiger charge is -2.20. The molecule has 3 rings (SSSR count). The number of aliphatic hydroxyl groups is 1. The van der Waals surface area contributed by atoms with Gasteiger partial charge in [-0.1, -0.05) is 5.21 Å². The molecule has 0 spiro atoms. The summed E-state index contributed by atoms with van der Waals surface area (Å²) in [5.74, 6) is 1.62. The molecule has 0 aromatic carbocycles. The highest BCUT2D eigenvalue weighted by molar-refractivity contribution is 5.50. The Bertz CT molecular complexity index is 573. The molecule has 1 atom stereocenters. The molecule has 3 heterocycles. The first kappa shape index (κ1) is 15.2. The highest BCUT2D eigenvalue weighted by atomic mass is 16.5. The summed E-state index contributed by atoms with van der Waals surface area (Å²) < 4.78 is 13.5. The number of aromatic nitrogens is 3. The lowest BCUT2D eigenvalue weighted by atomic mass is 10.1. The van der Waals surface area contributed by atoms with Gasteiger partial charge in [-0.15, -0.1) is 5.10 Å². The maximum atomic E-state index is 8.77. The SMILES string of the molecule is OCCCCCn1cc(-c2ccc([C@H]3CCCCO3)o2)nn1. The van der Waals surface area contributed by atoms with E-state index >= 15 is 0 Å². The molecule has 1 fully saturated rings. The van der Waals surface area contributed by atoms with Crippen molar-refractivity contribution in [2.75, 3.05) is 13.2 Å². The zero-order valence-electron chi connectivity index (χ0n) is 12.8. The molecule has 120 valence electrons. The second kappa shape index (κ2) is 7.56. The van der Waals surface area contributed by atoms with Crippen LogP contribution in [0.2, 0.25) is 0 Å². The molecule has 0 amide bonds. The molecular formula is C16H23N3O3. The van der Waals surface area contributed by atoms with E-state index in [1.807, 2.05) is 23.0 Å². The summed E-state index contributed by atoms with van der Waals surface area (Å²) in [5, 5.41) is 17.1. The molecule has 2 aromatic rings. The molecule has 6 heteroatoms. The van der Waals surface area contributed by atoms with E-state index in [0.717, 1.165) is 62.5 Å². The highest BCUT2D eigenvalue weighted by Gasteiger charge is 2.20. The third-order valence-corrected chi connectivity index (χ3v) is 3.96. The van der Waals surface area contributed by atoms with Crippen molar-refractivity contribution in [3.63, 3.8) is 0 Å². The summed E-state index contributed by atoms with van der Waals surface area (Å²) in [6, 6.07) is 3.92. The van der Waals surface area contributed by atoms with E-state index in [1.54, 1.807) is 0 Å². The van der Waals surface area contributed by atoms with Crippen LogP contribution in [0.3, 0.4) is 0 Å². The van der Waals surface area contributed by atoms with E-state index < -0.39 is 0 Å². The Morgan fingerprint density at radius 1 is 1.23 bits per heavy atom. The number of aryl methyl sites for hydroxylation is 1. The topological polar surface area (TPSA) is 73.3 Å². The van der Waals surface area contributed by atoms with Gasteiger partial charge in [-0.3, -0.25) is 4.68 Å². The van der Waals surface area contributed by atoms with Gasteiger partial charge in [0, 0.05) is 19.8 Å². The minimum atomic E-state index is 0.0797. The fourth-order valence-electron chi connectivity index (χ4n) is 2.71. The Morgan fingerprint density at radius 2 is 2.18 bits per heavy atom. The molecule has 0 bridgehead atoms. The maximum Gasteiger partial charge on any atom is 0.156 e. The van der Waals surface area contributed by atoms with Crippen LogP contribution < -0.4 is 0 Å². The van der Waals surface area contributed by atoms with Gasteiger partial charge in [0.1, 0.15) is 17.6 Å². The van der Waals surface area contributed by atoms with Crippen molar-refractivity contribution in [1.29, 1.82) is 0 Å². The smallest absolute Gasteiger partial charge is 0.156 e. The minimum absolute atomic E-state index is 0.0797. The van der Waals surface area contributed by atoms with Gasteiger partial charge in [0.2, 0.25) is 0 Å². The third kappa shape index (κ3) is 3.75. The van der Waals surface area contributed by atoms with Crippen LogP contribution in [-0.2, 0) is 11.3 Å². The molecular weight excluding hydrogens is 282 g/mol. The van der Waals surface area contributed by atoms with E-state index in [-0.39, 0.29) is 12.7 Å². The van der Waals surface area contributed by atoms with Crippen LogP contribution in [0.5, 0.6) is 0 Å². The van der Waals surface area contributed by atoms with Crippen molar-refractivity contribution in [3.05, 3.63) is 24.1 Å². The predicted molar refractivity (Wildman–Crippen MR) is 81.2 cm³/mol. The summed E-state index contributed by atoms with van der Waals surface area (Å²) in [4.78, 5) is 0. The monoisotopic (exact) mass is 305 g/mol. The number of rotatable bonds is 7. The number of hydrogen-bond acceptors (Lipinski definition) is 5. The Morgan fingerprint density at radius 3 is 3.00 bits per heavy atom. The molecule has 1 saturated heterocycles. The Labute approximate surface area is 130 Å². The molecule has 0 saturated carbocycles. The van der Waals surface area contributed by atoms with Crippen LogP contribution in [-0.4, -0.2) is 33.3 Å². The zero-order valence-corrected chi connectivity index (χ0v) is 12.8. The average Bonchev–Trinajstić information content (AvgIpc) is 3.21. The van der Waals surface area contributed by atoms with Crippen molar-refractivity contribution in [1.82, 2.24) is 15.0 Å². The third-order valence-electron chi connectivity index (χ3n) is 3.96. The van der Waals surface area contributed by atoms with Crippen molar-refractivity contribution in [3.8, 4) is 11.5 Å². The average molecular weight is 305 g/mol. The van der Waals surface area contributed by atoms with Crippen molar-refractivity contribution in [2.45, 2.75) is 51.2 Å². The predicted octanol–water partition coefficient (Wildman–Crippen LogP) is 2.94. The number of furan rings is 1. The summed E-state index contributed by atoms with van der Waals surface area (Å²) in [6.07, 6.45) is 8.15. The van der Waals surface area contributed by atoms with Gasteiger partial charge in [0.15, 0.2) is 5.76 Å². The first-order chi connectivity index (χ1) is 10.9. The van der Waals surface area contributed by atoms with E-state index in [2.05, 4.69) is 10.3 Å². The van der Waals surface area contributed by atoms with Crippen LogP contribution in [0, 0.1) is 0 Å². The number of unbranched alkanes of at least 4 members (excludes halogenated alkanes) is 2. The number of hydrogen-bond donors (Lipinski definition) is 1. The lowest BCUT2D eigenvalue weighted by Crippen LogP contribution is -2.10. The van der Waals surface area contributed by atoms with Gasteiger partial charge in [-0.25, -0.2) is 0 Å². The zero-order chi connectivity index (χ0) is 15.2. The largest absolute Gasteiger partial charge is 0.457 e. The molecule has 0 aliphatic carbocycles. The standard InChI is InChI=1S/C16H23N3O3/c20-10-4-1-3-9-19-12-13(17-18-19)14-7-8-16(22-14)15-6-2-5-11-21-15/h7-8,12,15,20H,1-6,9-11H2/t15-/m1/s1. The van der Waals surface area contributed by atoms with Gasteiger partial charge in [-0.2, -0.15) is 0 Å². The van der Waals surface area contributed by atoms with Crippen LogP contribution in [0.1, 0.15) is 50.4 Å². The van der Waals surface area contributed by atoms with Crippen molar-refractivity contribution in [2.24, 2.45) is 0 Å². The van der Waals surface area contributed by atoms with Crippen LogP contribution in [0.25, 0.3) is 11.5 Å². The Kier molecular flexibility index (Phi) is 5.24. The van der Waals surface area contributed by atoms with Crippen molar-refractivity contribution >= 4 is 0 Å². The summed E-state index contributed by atoms with van der Waals surface area (Å²) >= 11 is 0. The quantitative estimate of drug-likeness (QED) is 0.796. The Hall–Kier alpha value is -1.66.